The van der Waals surface area contributed by atoms with Crippen LogP contribution in [0.25, 0.3) is 0 Å². The van der Waals surface area contributed by atoms with E-state index in [4.69, 9.17) is 11.6 Å². The van der Waals surface area contributed by atoms with Gasteiger partial charge >= 0.3 is 0 Å². The Kier molecular flexibility index (Phi) is 6.61. The number of aliphatic hydroxyl groups is 2. The number of amides is 1. The number of nitrogens with one attached hydrogen (secondary N) is 1. The molecule has 5 nitrogen and oxygen atoms in total. The van der Waals surface area contributed by atoms with Gasteiger partial charge in [-0.25, -0.2) is 0 Å². The molecule has 1 amide bonds. The van der Waals surface area contributed by atoms with Crippen LogP contribution in [-0.4, -0.2) is 53.8 Å². The maximum atomic E-state index is 11.8. The molecule has 1 aromatic rings. The van der Waals surface area contributed by atoms with Gasteiger partial charge in [0.2, 0.25) is 5.91 Å². The Morgan fingerprint density at radius 3 is 2.48 bits per heavy atom. The van der Waals surface area contributed by atoms with Crippen LogP contribution in [0.15, 0.2) is 24.3 Å². The van der Waals surface area contributed by atoms with Gasteiger partial charge < -0.3 is 20.4 Å². The van der Waals surface area contributed by atoms with E-state index >= 15 is 0 Å². The second-order valence-corrected chi connectivity index (χ2v) is 6.22. The van der Waals surface area contributed by atoms with Crippen LogP contribution < -0.4 is 5.32 Å². The molecule has 3 N–H and O–H groups in total. The smallest absolute Gasteiger partial charge is 0.223 e. The highest BCUT2D eigenvalue weighted by Gasteiger charge is 2.22. The Balaban J connectivity index is 2.44. The van der Waals surface area contributed by atoms with E-state index in [9.17, 15) is 15.0 Å². The predicted molar refractivity (Wildman–Crippen MR) is 83.2 cm³/mol. The van der Waals surface area contributed by atoms with Crippen LogP contribution in [0.1, 0.15) is 25.0 Å². The molecule has 0 aliphatic rings. The molecule has 0 saturated carbocycles. The van der Waals surface area contributed by atoms with E-state index in [-0.39, 0.29) is 18.9 Å². The van der Waals surface area contributed by atoms with Gasteiger partial charge in [-0.3, -0.25) is 4.79 Å². The number of likely N-dealkylation sites (N-methyl/N-ethyl adjacent to an activating group) is 1. The fourth-order valence-electron chi connectivity index (χ4n) is 2.08. The minimum absolute atomic E-state index is 0.0559. The number of carbonyl (C=O) groups excluding carboxylic acids is 1. The average Bonchev–Trinajstić information content (AvgIpc) is 2.36. The summed E-state index contributed by atoms with van der Waals surface area (Å²) in [5.41, 5.74) is -0.376. The zero-order valence-corrected chi connectivity index (χ0v) is 13.4. The van der Waals surface area contributed by atoms with E-state index in [2.05, 4.69) is 5.32 Å². The van der Waals surface area contributed by atoms with Gasteiger partial charge in [-0.1, -0.05) is 23.7 Å². The van der Waals surface area contributed by atoms with Gasteiger partial charge in [-0.15, -0.1) is 0 Å². The van der Waals surface area contributed by atoms with E-state index in [1.165, 1.54) is 0 Å². The summed E-state index contributed by atoms with van der Waals surface area (Å²) in [4.78, 5) is 13.6. The van der Waals surface area contributed by atoms with Gasteiger partial charge in [0.05, 0.1) is 18.1 Å². The van der Waals surface area contributed by atoms with Gasteiger partial charge in [-0.05, 0) is 38.7 Å². The largest absolute Gasteiger partial charge is 0.388 e. The lowest BCUT2D eigenvalue weighted by Crippen LogP contribution is -2.47. The first-order chi connectivity index (χ1) is 9.69. The van der Waals surface area contributed by atoms with Gasteiger partial charge in [0, 0.05) is 18.1 Å². The van der Waals surface area contributed by atoms with Crippen molar-refractivity contribution < 1.29 is 15.0 Å². The Labute approximate surface area is 130 Å². The third-order valence-electron chi connectivity index (χ3n) is 2.96. The number of carbonyl (C=O) groups is 1. The number of benzene rings is 1. The monoisotopic (exact) mass is 314 g/mol. The first-order valence-electron chi connectivity index (χ1n) is 6.77. The SMILES string of the molecule is CN(C)CC(C)(O)CNC(=O)CC(O)c1ccc(Cl)cc1. The maximum absolute atomic E-state index is 11.8. The third kappa shape index (κ3) is 6.91. The minimum Gasteiger partial charge on any atom is -0.388 e. The van der Waals surface area contributed by atoms with Crippen LogP contribution in [0.3, 0.4) is 0 Å². The number of halogens is 1. The molecule has 1 aromatic carbocycles. The second kappa shape index (κ2) is 7.75. The molecule has 0 aliphatic heterocycles. The van der Waals surface area contributed by atoms with Crippen LogP contribution in [-0.2, 0) is 4.79 Å². The van der Waals surface area contributed by atoms with Crippen molar-refractivity contribution in [2.45, 2.75) is 25.0 Å². The van der Waals surface area contributed by atoms with Crippen LogP contribution in [0, 0.1) is 0 Å². The van der Waals surface area contributed by atoms with E-state index in [1.54, 1.807) is 31.2 Å². The summed E-state index contributed by atoms with van der Waals surface area (Å²) in [6.07, 6.45) is -0.944. The van der Waals surface area contributed by atoms with E-state index < -0.39 is 11.7 Å². The summed E-state index contributed by atoms with van der Waals surface area (Å²) in [6, 6.07) is 6.70. The highest BCUT2D eigenvalue weighted by atomic mass is 35.5. The van der Waals surface area contributed by atoms with Gasteiger partial charge in [0.1, 0.15) is 0 Å². The average molecular weight is 315 g/mol. The topological polar surface area (TPSA) is 72.8 Å². The quantitative estimate of drug-likeness (QED) is 0.707. The lowest BCUT2D eigenvalue weighted by molar-refractivity contribution is -0.124. The van der Waals surface area contributed by atoms with Crippen molar-refractivity contribution in [1.29, 1.82) is 0 Å². The molecule has 118 valence electrons. The fraction of sp³-hybridized carbons (Fsp3) is 0.533. The maximum Gasteiger partial charge on any atom is 0.223 e. The van der Waals surface area contributed by atoms with E-state index in [0.717, 1.165) is 0 Å². The molecule has 0 aliphatic carbocycles. The highest BCUT2D eigenvalue weighted by molar-refractivity contribution is 6.30. The first-order valence-corrected chi connectivity index (χ1v) is 7.15. The van der Waals surface area contributed by atoms with Crippen LogP contribution in [0.2, 0.25) is 5.02 Å². The van der Waals surface area contributed by atoms with Crippen molar-refractivity contribution in [1.82, 2.24) is 10.2 Å². The standard InChI is InChI=1S/C15H23ClN2O3/c1-15(21,10-18(2)3)9-17-14(20)8-13(19)11-4-6-12(16)7-5-11/h4-7,13,19,21H,8-10H2,1-3H3,(H,17,20). The molecule has 21 heavy (non-hydrogen) atoms. The lowest BCUT2D eigenvalue weighted by Gasteiger charge is -2.27. The number of aliphatic hydroxyl groups excluding tert-OH is 1. The Hall–Kier alpha value is -1.14. The van der Waals surface area contributed by atoms with Crippen LogP contribution >= 0.6 is 11.6 Å². The summed E-state index contributed by atoms with van der Waals surface area (Å²) >= 11 is 5.77. The van der Waals surface area contributed by atoms with E-state index in [0.29, 0.717) is 17.1 Å². The summed E-state index contributed by atoms with van der Waals surface area (Å²) in [6.45, 7) is 2.23. The number of rotatable bonds is 7. The molecular weight excluding hydrogens is 292 g/mol. The Morgan fingerprint density at radius 2 is 1.95 bits per heavy atom. The molecule has 6 heteroatoms. The lowest BCUT2D eigenvalue weighted by atomic mass is 10.0. The molecule has 1 rings (SSSR count). The van der Waals surface area contributed by atoms with Crippen molar-refractivity contribution in [2.75, 3.05) is 27.2 Å². The predicted octanol–water partition coefficient (Wildman–Crippen LogP) is 1.19. The van der Waals surface area contributed by atoms with Crippen molar-refractivity contribution in [3.63, 3.8) is 0 Å². The molecule has 0 bridgehead atoms. The molecule has 0 spiro atoms. The van der Waals surface area contributed by atoms with Crippen LogP contribution in [0.4, 0.5) is 0 Å². The number of hydrogen-bond donors (Lipinski definition) is 3. The molecule has 2 atom stereocenters. The van der Waals surface area contributed by atoms with Gasteiger partial charge in [-0.2, -0.15) is 0 Å². The summed E-state index contributed by atoms with van der Waals surface area (Å²) in [7, 11) is 3.70. The van der Waals surface area contributed by atoms with Crippen molar-refractivity contribution in [3.05, 3.63) is 34.9 Å². The molecule has 0 saturated heterocycles. The molecule has 0 heterocycles. The Bertz CT molecular complexity index is 460. The normalized spacial score (nSPS) is 15.6. The zero-order chi connectivity index (χ0) is 16.0. The summed E-state index contributed by atoms with van der Waals surface area (Å²) < 4.78 is 0. The first kappa shape index (κ1) is 17.9. The zero-order valence-electron chi connectivity index (χ0n) is 12.6. The fourth-order valence-corrected chi connectivity index (χ4v) is 2.20. The molecule has 0 aromatic heterocycles. The van der Waals surface area contributed by atoms with Gasteiger partial charge in [0.15, 0.2) is 0 Å². The minimum atomic E-state index is -1.01. The second-order valence-electron chi connectivity index (χ2n) is 5.78. The Morgan fingerprint density at radius 1 is 1.38 bits per heavy atom. The van der Waals surface area contributed by atoms with Crippen molar-refractivity contribution in [3.8, 4) is 0 Å². The highest BCUT2D eigenvalue weighted by Crippen LogP contribution is 2.19. The molecule has 2 unspecified atom stereocenters. The van der Waals surface area contributed by atoms with E-state index in [1.807, 2.05) is 19.0 Å². The number of nitrogens with zero attached hydrogens (tertiary/aromatic N) is 1. The summed E-state index contributed by atoms with van der Waals surface area (Å²) in [5, 5.41) is 23.3. The van der Waals surface area contributed by atoms with Crippen molar-refractivity contribution in [2.24, 2.45) is 0 Å². The molecule has 0 fully saturated rings. The number of hydrogen-bond acceptors (Lipinski definition) is 4. The third-order valence-corrected chi connectivity index (χ3v) is 3.21. The van der Waals surface area contributed by atoms with Crippen molar-refractivity contribution >= 4 is 17.5 Å². The summed E-state index contributed by atoms with van der Waals surface area (Å²) in [5.74, 6) is -0.309. The molecular formula is C15H23ClN2O3. The van der Waals surface area contributed by atoms with Gasteiger partial charge in [0.25, 0.3) is 0 Å². The molecule has 0 radical (unpaired) electrons. The van der Waals surface area contributed by atoms with Crippen LogP contribution in [0.5, 0.6) is 0 Å².